The standard InChI is InChI=1S/C13H24O4S/c1-4-11-6-5-7-12(8-11)18(15,16)9-10(2)13(14)17-3/h10-12H,4-9H2,1-3H3. The first-order valence-electron chi connectivity index (χ1n) is 6.70. The van der Waals surface area contributed by atoms with E-state index in [1.54, 1.807) is 6.92 Å². The second-order valence-corrected chi connectivity index (χ2v) is 7.64. The fourth-order valence-electron chi connectivity index (χ4n) is 2.69. The lowest BCUT2D eigenvalue weighted by Gasteiger charge is -2.28. The van der Waals surface area contributed by atoms with Crippen molar-refractivity contribution in [1.82, 2.24) is 0 Å². The second-order valence-electron chi connectivity index (χ2n) is 5.32. The maximum absolute atomic E-state index is 12.3. The van der Waals surface area contributed by atoms with Crippen molar-refractivity contribution in [3.63, 3.8) is 0 Å². The number of sulfone groups is 1. The SMILES string of the molecule is CCC1CCCC(S(=O)(=O)CC(C)C(=O)OC)C1. The maximum atomic E-state index is 12.3. The number of rotatable bonds is 5. The second kappa shape index (κ2) is 6.55. The van der Waals surface area contributed by atoms with Crippen molar-refractivity contribution >= 4 is 15.8 Å². The largest absolute Gasteiger partial charge is 0.469 e. The van der Waals surface area contributed by atoms with Crippen LogP contribution in [0.4, 0.5) is 0 Å². The number of carbonyl (C=O) groups is 1. The lowest BCUT2D eigenvalue weighted by molar-refractivity contribution is -0.144. The van der Waals surface area contributed by atoms with Crippen LogP contribution in [0.3, 0.4) is 0 Å². The van der Waals surface area contributed by atoms with Gasteiger partial charge in [0, 0.05) is 0 Å². The van der Waals surface area contributed by atoms with Gasteiger partial charge in [-0.1, -0.05) is 33.1 Å². The number of hydrogen-bond acceptors (Lipinski definition) is 4. The molecule has 0 bridgehead atoms. The molecular weight excluding hydrogens is 252 g/mol. The third kappa shape index (κ3) is 3.97. The molecule has 3 unspecified atom stereocenters. The van der Waals surface area contributed by atoms with Crippen molar-refractivity contribution in [2.75, 3.05) is 12.9 Å². The van der Waals surface area contributed by atoms with Gasteiger partial charge in [0.1, 0.15) is 0 Å². The van der Waals surface area contributed by atoms with Crippen molar-refractivity contribution < 1.29 is 17.9 Å². The molecule has 0 heterocycles. The molecule has 0 aromatic rings. The van der Waals surface area contributed by atoms with Crippen LogP contribution in [0.25, 0.3) is 0 Å². The molecule has 0 spiro atoms. The predicted molar refractivity (Wildman–Crippen MR) is 71.0 cm³/mol. The van der Waals surface area contributed by atoms with E-state index in [4.69, 9.17) is 0 Å². The lowest BCUT2D eigenvalue weighted by Crippen LogP contribution is -2.33. The summed E-state index contributed by atoms with van der Waals surface area (Å²) in [7, 11) is -1.89. The average Bonchev–Trinajstić information content (AvgIpc) is 2.37. The molecule has 0 N–H and O–H groups in total. The van der Waals surface area contributed by atoms with Crippen LogP contribution in [0.1, 0.15) is 46.0 Å². The predicted octanol–water partition coefficient (Wildman–Crippen LogP) is 2.18. The maximum Gasteiger partial charge on any atom is 0.309 e. The van der Waals surface area contributed by atoms with Crippen LogP contribution in [-0.2, 0) is 19.4 Å². The van der Waals surface area contributed by atoms with E-state index in [9.17, 15) is 13.2 Å². The summed E-state index contributed by atoms with van der Waals surface area (Å²) in [4.78, 5) is 11.3. The molecule has 0 aliphatic heterocycles. The Labute approximate surface area is 110 Å². The van der Waals surface area contributed by atoms with Crippen molar-refractivity contribution in [3.8, 4) is 0 Å². The molecule has 0 radical (unpaired) electrons. The van der Waals surface area contributed by atoms with E-state index in [1.807, 2.05) is 0 Å². The van der Waals surface area contributed by atoms with Crippen molar-refractivity contribution in [2.45, 2.75) is 51.2 Å². The van der Waals surface area contributed by atoms with E-state index >= 15 is 0 Å². The van der Waals surface area contributed by atoms with Crippen molar-refractivity contribution in [2.24, 2.45) is 11.8 Å². The molecule has 106 valence electrons. The molecule has 4 nitrogen and oxygen atoms in total. The molecule has 5 heteroatoms. The first-order valence-corrected chi connectivity index (χ1v) is 8.41. The minimum Gasteiger partial charge on any atom is -0.469 e. The van der Waals surface area contributed by atoms with Gasteiger partial charge in [0.15, 0.2) is 9.84 Å². The lowest BCUT2D eigenvalue weighted by atomic mass is 9.87. The Morgan fingerprint density at radius 3 is 2.61 bits per heavy atom. The molecule has 1 aliphatic carbocycles. The zero-order chi connectivity index (χ0) is 13.8. The molecule has 0 aromatic heterocycles. The minimum atomic E-state index is -3.18. The summed E-state index contributed by atoms with van der Waals surface area (Å²) in [6, 6.07) is 0. The molecule has 1 aliphatic rings. The smallest absolute Gasteiger partial charge is 0.309 e. The van der Waals surface area contributed by atoms with Crippen molar-refractivity contribution in [1.29, 1.82) is 0 Å². The van der Waals surface area contributed by atoms with Gasteiger partial charge >= 0.3 is 5.97 Å². The van der Waals surface area contributed by atoms with Crippen LogP contribution in [0.2, 0.25) is 0 Å². The van der Waals surface area contributed by atoms with Gasteiger partial charge in [0.25, 0.3) is 0 Å². The summed E-state index contributed by atoms with van der Waals surface area (Å²) >= 11 is 0. The fourth-order valence-corrected chi connectivity index (χ4v) is 4.89. The number of carbonyl (C=O) groups excluding carboxylic acids is 1. The van der Waals surface area contributed by atoms with Crippen LogP contribution in [0, 0.1) is 11.8 Å². The summed E-state index contributed by atoms with van der Waals surface area (Å²) in [5.74, 6) is -0.573. The Bertz CT molecular complexity index is 374. The van der Waals surface area contributed by atoms with Gasteiger partial charge in [0.05, 0.1) is 24.0 Å². The third-order valence-corrected chi connectivity index (χ3v) is 6.31. The van der Waals surface area contributed by atoms with Gasteiger partial charge in [-0.25, -0.2) is 8.42 Å². The van der Waals surface area contributed by atoms with Crippen LogP contribution in [0.15, 0.2) is 0 Å². The summed E-state index contributed by atoms with van der Waals surface area (Å²) in [5, 5.41) is -0.261. The van der Waals surface area contributed by atoms with Gasteiger partial charge < -0.3 is 4.74 Å². The normalized spacial score (nSPS) is 26.6. The highest BCUT2D eigenvalue weighted by atomic mass is 32.2. The average molecular weight is 276 g/mol. The topological polar surface area (TPSA) is 60.4 Å². The van der Waals surface area contributed by atoms with E-state index in [2.05, 4.69) is 11.7 Å². The highest BCUT2D eigenvalue weighted by molar-refractivity contribution is 7.92. The number of hydrogen-bond donors (Lipinski definition) is 0. The van der Waals surface area contributed by atoms with E-state index in [1.165, 1.54) is 7.11 Å². The molecule has 1 rings (SSSR count). The van der Waals surface area contributed by atoms with Crippen LogP contribution >= 0.6 is 0 Å². The molecule has 0 amide bonds. The van der Waals surface area contributed by atoms with Crippen LogP contribution in [-0.4, -0.2) is 32.5 Å². The van der Waals surface area contributed by atoms with E-state index in [0.29, 0.717) is 5.92 Å². The number of methoxy groups -OCH3 is 1. The molecule has 18 heavy (non-hydrogen) atoms. The van der Waals surface area contributed by atoms with Crippen LogP contribution in [0.5, 0.6) is 0 Å². The van der Waals surface area contributed by atoms with E-state index in [-0.39, 0.29) is 11.0 Å². The highest BCUT2D eigenvalue weighted by Crippen LogP contribution is 2.31. The molecular formula is C13H24O4S. The molecule has 0 saturated heterocycles. The Balaban J connectivity index is 2.65. The molecule has 0 aromatic carbocycles. The zero-order valence-electron chi connectivity index (χ0n) is 11.5. The Morgan fingerprint density at radius 2 is 2.06 bits per heavy atom. The third-order valence-electron chi connectivity index (χ3n) is 3.91. The minimum absolute atomic E-state index is 0.0826. The monoisotopic (exact) mass is 276 g/mol. The van der Waals surface area contributed by atoms with Gasteiger partial charge in [-0.15, -0.1) is 0 Å². The summed E-state index contributed by atoms with van der Waals surface area (Å²) < 4.78 is 29.1. The Kier molecular flexibility index (Phi) is 5.63. The first-order chi connectivity index (χ1) is 8.40. The molecule has 3 atom stereocenters. The highest BCUT2D eigenvalue weighted by Gasteiger charge is 2.33. The van der Waals surface area contributed by atoms with E-state index in [0.717, 1.165) is 32.1 Å². The summed E-state index contributed by atoms with van der Waals surface area (Å²) in [6.45, 7) is 3.72. The zero-order valence-corrected chi connectivity index (χ0v) is 12.3. The number of esters is 1. The Morgan fingerprint density at radius 1 is 1.39 bits per heavy atom. The summed E-state index contributed by atoms with van der Waals surface area (Å²) in [5.41, 5.74) is 0. The van der Waals surface area contributed by atoms with Gasteiger partial charge in [0.2, 0.25) is 0 Å². The number of ether oxygens (including phenoxy) is 1. The fraction of sp³-hybridized carbons (Fsp3) is 0.923. The first kappa shape index (κ1) is 15.5. The Hall–Kier alpha value is -0.580. The molecule has 1 fully saturated rings. The van der Waals surface area contributed by atoms with E-state index < -0.39 is 21.7 Å². The van der Waals surface area contributed by atoms with Crippen LogP contribution < -0.4 is 0 Å². The van der Waals surface area contributed by atoms with Gasteiger partial charge in [-0.05, 0) is 18.8 Å². The van der Waals surface area contributed by atoms with Gasteiger partial charge in [-0.2, -0.15) is 0 Å². The molecule has 1 saturated carbocycles. The van der Waals surface area contributed by atoms with Crippen molar-refractivity contribution in [3.05, 3.63) is 0 Å². The van der Waals surface area contributed by atoms with Gasteiger partial charge in [-0.3, -0.25) is 4.79 Å². The quantitative estimate of drug-likeness (QED) is 0.722. The summed E-state index contributed by atoms with van der Waals surface area (Å²) in [6.07, 6.45) is 4.65.